The van der Waals surface area contributed by atoms with Crippen LogP contribution in [0.4, 0.5) is 0 Å². The first-order valence-electron chi connectivity index (χ1n) is 2.33. The molecule has 0 radical (unpaired) electrons. The lowest BCUT2D eigenvalue weighted by atomic mass is 10.4. The van der Waals surface area contributed by atoms with E-state index in [1.165, 1.54) is 0 Å². The maximum absolute atomic E-state index is 4.86. The molecule has 1 aliphatic rings. The number of hydrogen-bond acceptors (Lipinski definition) is 3. The first-order valence-corrected chi connectivity index (χ1v) is 2.33. The molecule has 3 nitrogen and oxygen atoms in total. The predicted octanol–water partition coefficient (Wildman–Crippen LogP) is 0.0674. The quantitative estimate of drug-likeness (QED) is 0.288. The zero-order valence-electron chi connectivity index (χ0n) is 4.22. The molecule has 1 rings (SSSR count). The molecule has 40 valence electrons. The number of nitrogens with zero attached hydrogens (tertiary/aromatic N) is 1. The predicted molar refractivity (Wildman–Crippen MR) is 26.8 cm³/mol. The van der Waals surface area contributed by atoms with Crippen molar-refractivity contribution >= 4 is 5.90 Å². The van der Waals surface area contributed by atoms with E-state index in [1.807, 2.05) is 6.92 Å². The minimum absolute atomic E-state index is 0.241. The van der Waals surface area contributed by atoms with Crippen molar-refractivity contribution in [3.05, 3.63) is 0 Å². The van der Waals surface area contributed by atoms with Crippen molar-refractivity contribution in [3.8, 4) is 0 Å². The second-order valence-electron chi connectivity index (χ2n) is 1.48. The summed E-state index contributed by atoms with van der Waals surface area (Å²) in [5.74, 6) is 5.56. The summed E-state index contributed by atoms with van der Waals surface area (Å²) in [6.45, 7) is 2.03. The fraction of sp³-hybridized carbons (Fsp3) is 0.750. The van der Waals surface area contributed by atoms with Gasteiger partial charge in [-0.25, -0.2) is 0 Å². The normalized spacial score (nSPS) is 32.7. The van der Waals surface area contributed by atoms with Gasteiger partial charge in [0.05, 0.1) is 0 Å². The van der Waals surface area contributed by atoms with Crippen molar-refractivity contribution in [1.29, 1.82) is 0 Å². The average Bonchev–Trinajstić information content (AvgIpc) is 2.43. The molecule has 1 saturated heterocycles. The van der Waals surface area contributed by atoms with E-state index in [0.29, 0.717) is 5.90 Å². The van der Waals surface area contributed by atoms with Crippen LogP contribution in [-0.2, 0) is 4.74 Å². The van der Waals surface area contributed by atoms with E-state index < -0.39 is 0 Å². The van der Waals surface area contributed by atoms with Gasteiger partial charge in [-0.2, -0.15) is 0 Å². The molecule has 0 aliphatic carbocycles. The highest BCUT2D eigenvalue weighted by molar-refractivity contribution is 5.92. The molecule has 3 heteroatoms. The van der Waals surface area contributed by atoms with Crippen LogP contribution in [0.1, 0.15) is 13.3 Å². The van der Waals surface area contributed by atoms with Crippen molar-refractivity contribution in [3.63, 3.8) is 0 Å². The summed E-state index contributed by atoms with van der Waals surface area (Å²) >= 11 is 0. The van der Waals surface area contributed by atoms with Crippen LogP contribution in [0, 0.1) is 0 Å². The molecular weight excluding hydrogens is 92.1 g/mol. The highest BCUT2D eigenvalue weighted by Gasteiger charge is 2.32. The maximum atomic E-state index is 4.86. The molecule has 0 aromatic heterocycles. The minimum atomic E-state index is 0.241. The van der Waals surface area contributed by atoms with E-state index in [-0.39, 0.29) is 6.10 Å². The van der Waals surface area contributed by atoms with Gasteiger partial charge in [-0.05, 0) is 6.42 Å². The standard InChI is InChI=1S/C4H8N2O/c1-2-3-4(6-5)7-3/h3H,2,5H2,1H3. The summed E-state index contributed by atoms with van der Waals surface area (Å²) in [4.78, 5) is 0. The van der Waals surface area contributed by atoms with Gasteiger partial charge in [-0.15, -0.1) is 5.10 Å². The van der Waals surface area contributed by atoms with Gasteiger partial charge in [0.25, 0.3) is 0 Å². The molecule has 7 heavy (non-hydrogen) atoms. The second kappa shape index (κ2) is 1.40. The van der Waals surface area contributed by atoms with Crippen molar-refractivity contribution in [1.82, 2.24) is 0 Å². The summed E-state index contributed by atoms with van der Waals surface area (Å²) in [5.41, 5.74) is 0. The summed E-state index contributed by atoms with van der Waals surface area (Å²) < 4.78 is 4.84. The Morgan fingerprint density at radius 1 is 2.00 bits per heavy atom. The van der Waals surface area contributed by atoms with Crippen LogP contribution < -0.4 is 5.84 Å². The molecule has 0 saturated carbocycles. The smallest absolute Gasteiger partial charge is 0.248 e. The van der Waals surface area contributed by atoms with Gasteiger partial charge in [0.1, 0.15) is 0 Å². The third-order valence-electron chi connectivity index (χ3n) is 0.979. The Kier molecular flexibility index (Phi) is 0.889. The topological polar surface area (TPSA) is 50.9 Å². The zero-order valence-corrected chi connectivity index (χ0v) is 4.22. The Bertz CT molecular complexity index is 99.9. The summed E-state index contributed by atoms with van der Waals surface area (Å²) in [6.07, 6.45) is 1.22. The molecule has 1 atom stereocenters. The Hall–Kier alpha value is -0.730. The van der Waals surface area contributed by atoms with Crippen LogP contribution in [0.2, 0.25) is 0 Å². The Balaban J connectivity index is 2.31. The average molecular weight is 100 g/mol. The number of hydrogen-bond donors (Lipinski definition) is 1. The molecule has 1 aliphatic heterocycles. The Morgan fingerprint density at radius 2 is 2.71 bits per heavy atom. The maximum Gasteiger partial charge on any atom is 0.248 e. The highest BCUT2D eigenvalue weighted by Crippen LogP contribution is 2.16. The van der Waals surface area contributed by atoms with E-state index in [4.69, 9.17) is 10.6 Å². The van der Waals surface area contributed by atoms with Gasteiger partial charge in [0.2, 0.25) is 5.90 Å². The number of epoxide rings is 1. The monoisotopic (exact) mass is 100 g/mol. The third kappa shape index (κ3) is 0.656. The van der Waals surface area contributed by atoms with Crippen LogP contribution >= 0.6 is 0 Å². The van der Waals surface area contributed by atoms with Gasteiger partial charge in [0, 0.05) is 0 Å². The molecule has 1 fully saturated rings. The molecular formula is C4H8N2O. The summed E-state index contributed by atoms with van der Waals surface area (Å²) in [6, 6.07) is 0. The van der Waals surface area contributed by atoms with Crippen molar-refractivity contribution < 1.29 is 4.74 Å². The van der Waals surface area contributed by atoms with Gasteiger partial charge < -0.3 is 10.6 Å². The first kappa shape index (κ1) is 4.43. The van der Waals surface area contributed by atoms with Crippen molar-refractivity contribution in [2.75, 3.05) is 0 Å². The fourth-order valence-corrected chi connectivity index (χ4v) is 0.483. The molecule has 1 unspecified atom stereocenters. The van der Waals surface area contributed by atoms with Gasteiger partial charge in [-0.3, -0.25) is 0 Å². The van der Waals surface area contributed by atoms with Crippen LogP contribution in [0.3, 0.4) is 0 Å². The van der Waals surface area contributed by atoms with Crippen LogP contribution in [0.15, 0.2) is 5.10 Å². The minimum Gasteiger partial charge on any atom is -0.464 e. The lowest BCUT2D eigenvalue weighted by Crippen LogP contribution is -1.86. The molecule has 0 amide bonds. The lowest BCUT2D eigenvalue weighted by molar-refractivity contribution is 0.439. The second-order valence-corrected chi connectivity index (χ2v) is 1.48. The SMILES string of the molecule is CCC1OC1=NN. The molecule has 0 aromatic rings. The Morgan fingerprint density at radius 3 is 2.86 bits per heavy atom. The lowest BCUT2D eigenvalue weighted by Gasteiger charge is -1.67. The molecule has 2 N–H and O–H groups in total. The first-order chi connectivity index (χ1) is 3.38. The Labute approximate surface area is 42.1 Å². The van der Waals surface area contributed by atoms with E-state index in [2.05, 4.69) is 5.10 Å². The molecule has 0 bridgehead atoms. The van der Waals surface area contributed by atoms with Crippen LogP contribution in [0.5, 0.6) is 0 Å². The zero-order chi connectivity index (χ0) is 5.28. The molecule has 0 aromatic carbocycles. The van der Waals surface area contributed by atoms with Crippen molar-refractivity contribution in [2.24, 2.45) is 10.9 Å². The fourth-order valence-electron chi connectivity index (χ4n) is 0.483. The highest BCUT2D eigenvalue weighted by atomic mass is 16.6. The van der Waals surface area contributed by atoms with Crippen molar-refractivity contribution in [2.45, 2.75) is 19.4 Å². The van der Waals surface area contributed by atoms with Gasteiger partial charge in [-0.1, -0.05) is 6.92 Å². The summed E-state index contributed by atoms with van der Waals surface area (Å²) in [5, 5.41) is 3.35. The summed E-state index contributed by atoms with van der Waals surface area (Å²) in [7, 11) is 0. The van der Waals surface area contributed by atoms with Crippen LogP contribution in [0.25, 0.3) is 0 Å². The number of nitrogens with two attached hydrogens (primary N) is 1. The van der Waals surface area contributed by atoms with Gasteiger partial charge >= 0.3 is 0 Å². The largest absolute Gasteiger partial charge is 0.464 e. The van der Waals surface area contributed by atoms with Crippen LogP contribution in [-0.4, -0.2) is 12.0 Å². The third-order valence-corrected chi connectivity index (χ3v) is 0.979. The number of ether oxygens (including phenoxy) is 1. The van der Waals surface area contributed by atoms with Gasteiger partial charge in [0.15, 0.2) is 6.10 Å². The van der Waals surface area contributed by atoms with E-state index in [0.717, 1.165) is 6.42 Å². The van der Waals surface area contributed by atoms with E-state index in [1.54, 1.807) is 0 Å². The van der Waals surface area contributed by atoms with E-state index >= 15 is 0 Å². The molecule has 0 spiro atoms. The van der Waals surface area contributed by atoms with E-state index in [9.17, 15) is 0 Å². The molecule has 1 heterocycles. The number of hydrazone groups is 1. The number of rotatable bonds is 1.